The highest BCUT2D eigenvalue weighted by atomic mass is 35.5. The van der Waals surface area contributed by atoms with E-state index in [9.17, 15) is 4.79 Å². The van der Waals surface area contributed by atoms with Crippen LogP contribution in [-0.4, -0.2) is 23.8 Å². The van der Waals surface area contributed by atoms with E-state index in [4.69, 9.17) is 28.3 Å². The third kappa shape index (κ3) is 4.05. The zero-order chi connectivity index (χ0) is 13.7. The van der Waals surface area contributed by atoms with Crippen LogP contribution in [-0.2, 0) is 0 Å². The van der Waals surface area contributed by atoms with Crippen LogP contribution >= 0.6 is 23.2 Å². The Kier molecular flexibility index (Phi) is 5.72. The largest absolute Gasteiger partial charge is 0.396 e. The van der Waals surface area contributed by atoms with Crippen LogP contribution in [0.25, 0.3) is 0 Å². The number of carbonyl (C=O) groups excluding carboxylic acids is 1. The van der Waals surface area contributed by atoms with Crippen molar-refractivity contribution >= 4 is 34.9 Å². The monoisotopic (exact) mass is 290 g/mol. The zero-order valence-electron chi connectivity index (χ0n) is 10.2. The topological polar surface area (TPSA) is 61.4 Å². The van der Waals surface area contributed by atoms with Gasteiger partial charge in [0.15, 0.2) is 0 Å². The number of aliphatic hydroxyl groups is 1. The molecule has 0 aliphatic carbocycles. The highest BCUT2D eigenvalue weighted by Crippen LogP contribution is 2.29. The minimum Gasteiger partial charge on any atom is -0.396 e. The van der Waals surface area contributed by atoms with Crippen molar-refractivity contribution in [1.29, 1.82) is 0 Å². The normalized spacial score (nSPS) is 13.8. The summed E-state index contributed by atoms with van der Waals surface area (Å²) in [6.45, 7) is 3.68. The van der Waals surface area contributed by atoms with Gasteiger partial charge in [-0.1, -0.05) is 36.2 Å². The molecule has 0 bridgehead atoms. The maximum Gasteiger partial charge on any atom is 0.319 e. The van der Waals surface area contributed by atoms with Gasteiger partial charge in [-0.2, -0.15) is 0 Å². The lowest BCUT2D eigenvalue weighted by Crippen LogP contribution is -2.40. The van der Waals surface area contributed by atoms with E-state index >= 15 is 0 Å². The fourth-order valence-electron chi connectivity index (χ4n) is 1.27. The Balaban J connectivity index is 2.62. The minimum absolute atomic E-state index is 0.0133. The maximum absolute atomic E-state index is 11.7. The van der Waals surface area contributed by atoms with Crippen LogP contribution < -0.4 is 10.6 Å². The Labute approximate surface area is 116 Å². The summed E-state index contributed by atoms with van der Waals surface area (Å²) in [7, 11) is 0. The van der Waals surface area contributed by atoms with Crippen molar-refractivity contribution in [1.82, 2.24) is 5.32 Å². The number of hydrogen-bond acceptors (Lipinski definition) is 2. The van der Waals surface area contributed by atoms with Crippen LogP contribution in [0.1, 0.15) is 13.8 Å². The summed E-state index contributed by atoms with van der Waals surface area (Å²) < 4.78 is 0. The molecule has 1 aromatic carbocycles. The fraction of sp³-hybridized carbons (Fsp3) is 0.417. The number of anilines is 1. The van der Waals surface area contributed by atoms with E-state index in [1.807, 2.05) is 13.8 Å². The number of benzene rings is 1. The molecule has 0 aromatic heterocycles. The van der Waals surface area contributed by atoms with Crippen molar-refractivity contribution < 1.29 is 9.90 Å². The summed E-state index contributed by atoms with van der Waals surface area (Å²) >= 11 is 11.8. The van der Waals surface area contributed by atoms with Crippen LogP contribution in [0.4, 0.5) is 10.5 Å². The first-order valence-electron chi connectivity index (χ1n) is 5.58. The molecular formula is C12H16Cl2N2O2. The van der Waals surface area contributed by atoms with Crippen molar-refractivity contribution in [2.24, 2.45) is 5.92 Å². The maximum atomic E-state index is 11.7. The summed E-state index contributed by atoms with van der Waals surface area (Å²) in [5.41, 5.74) is 0.450. The minimum atomic E-state index is -0.382. The highest BCUT2D eigenvalue weighted by Gasteiger charge is 2.14. The second-order valence-electron chi connectivity index (χ2n) is 4.15. The third-order valence-electron chi connectivity index (χ3n) is 2.70. The van der Waals surface area contributed by atoms with Crippen LogP contribution in [0.15, 0.2) is 18.2 Å². The van der Waals surface area contributed by atoms with E-state index in [0.717, 1.165) is 0 Å². The molecule has 0 fully saturated rings. The summed E-state index contributed by atoms with van der Waals surface area (Å²) in [6, 6.07) is 4.47. The number of aliphatic hydroxyl groups excluding tert-OH is 1. The van der Waals surface area contributed by atoms with Gasteiger partial charge in [-0.25, -0.2) is 4.79 Å². The molecule has 1 aromatic rings. The number of hydrogen-bond donors (Lipinski definition) is 3. The molecule has 18 heavy (non-hydrogen) atoms. The van der Waals surface area contributed by atoms with E-state index in [2.05, 4.69) is 10.6 Å². The molecule has 0 saturated carbocycles. The fourth-order valence-corrected chi connectivity index (χ4v) is 1.61. The predicted octanol–water partition coefficient (Wildman–Crippen LogP) is 3.13. The van der Waals surface area contributed by atoms with Gasteiger partial charge in [-0.15, -0.1) is 0 Å². The molecule has 2 atom stereocenters. The molecule has 6 heteroatoms. The van der Waals surface area contributed by atoms with Gasteiger partial charge in [0.1, 0.15) is 0 Å². The molecule has 2 amide bonds. The molecule has 0 aliphatic rings. The zero-order valence-corrected chi connectivity index (χ0v) is 11.7. The Hall–Kier alpha value is -0.970. The number of rotatable bonds is 4. The van der Waals surface area contributed by atoms with Crippen LogP contribution in [0.2, 0.25) is 10.0 Å². The second kappa shape index (κ2) is 6.83. The molecule has 4 nitrogen and oxygen atoms in total. The molecule has 0 radical (unpaired) electrons. The molecule has 0 saturated heterocycles. The van der Waals surface area contributed by atoms with E-state index in [-0.39, 0.29) is 24.6 Å². The standard InChI is InChI=1S/C12H16Cl2N2O2/c1-7(6-17)8(2)15-12(18)16-10-5-3-4-9(13)11(10)14/h3-5,7-8,17H,6H2,1-2H3,(H2,15,16,18). The van der Waals surface area contributed by atoms with Crippen LogP contribution in [0.3, 0.4) is 0 Å². The molecule has 0 heterocycles. The van der Waals surface area contributed by atoms with Gasteiger partial charge in [-0.3, -0.25) is 0 Å². The Morgan fingerprint density at radius 3 is 2.67 bits per heavy atom. The Morgan fingerprint density at radius 2 is 2.06 bits per heavy atom. The first-order chi connectivity index (χ1) is 8.45. The number of halogens is 2. The van der Waals surface area contributed by atoms with E-state index in [1.54, 1.807) is 18.2 Å². The SMILES string of the molecule is CC(CO)C(C)NC(=O)Nc1cccc(Cl)c1Cl. The van der Waals surface area contributed by atoms with E-state index < -0.39 is 0 Å². The van der Waals surface area contributed by atoms with Crippen LogP contribution in [0, 0.1) is 5.92 Å². The van der Waals surface area contributed by atoms with Crippen molar-refractivity contribution in [2.75, 3.05) is 11.9 Å². The first-order valence-corrected chi connectivity index (χ1v) is 6.33. The molecule has 3 N–H and O–H groups in total. The van der Waals surface area contributed by atoms with Gasteiger partial charge in [0, 0.05) is 12.6 Å². The quantitative estimate of drug-likeness (QED) is 0.798. The summed E-state index contributed by atoms with van der Waals surface area (Å²) in [5.74, 6) is -0.0226. The number of urea groups is 1. The lowest BCUT2D eigenvalue weighted by atomic mass is 10.1. The van der Waals surface area contributed by atoms with Gasteiger partial charge in [0.2, 0.25) is 0 Å². The summed E-state index contributed by atoms with van der Waals surface area (Å²) in [5, 5.41) is 15.0. The van der Waals surface area contributed by atoms with Crippen molar-refractivity contribution in [3.05, 3.63) is 28.2 Å². The first kappa shape index (κ1) is 15.1. The molecule has 2 unspecified atom stereocenters. The van der Waals surface area contributed by atoms with Gasteiger partial charge in [0.05, 0.1) is 15.7 Å². The number of amides is 2. The number of carbonyl (C=O) groups is 1. The molecule has 100 valence electrons. The van der Waals surface area contributed by atoms with Gasteiger partial charge in [0.25, 0.3) is 0 Å². The lowest BCUT2D eigenvalue weighted by Gasteiger charge is -2.19. The number of nitrogens with one attached hydrogen (secondary N) is 2. The second-order valence-corrected chi connectivity index (χ2v) is 4.93. The van der Waals surface area contributed by atoms with E-state index in [0.29, 0.717) is 15.7 Å². The molecule has 0 aliphatic heterocycles. The highest BCUT2D eigenvalue weighted by molar-refractivity contribution is 6.43. The van der Waals surface area contributed by atoms with E-state index in [1.165, 1.54) is 0 Å². The smallest absolute Gasteiger partial charge is 0.319 e. The third-order valence-corrected chi connectivity index (χ3v) is 3.52. The molecule has 1 rings (SSSR count). The Morgan fingerprint density at radius 1 is 1.39 bits per heavy atom. The van der Waals surface area contributed by atoms with Crippen molar-refractivity contribution in [3.63, 3.8) is 0 Å². The van der Waals surface area contributed by atoms with Gasteiger partial charge in [-0.05, 0) is 25.0 Å². The lowest BCUT2D eigenvalue weighted by molar-refractivity contribution is 0.204. The average molecular weight is 291 g/mol. The average Bonchev–Trinajstić information content (AvgIpc) is 2.33. The summed E-state index contributed by atoms with van der Waals surface area (Å²) in [4.78, 5) is 11.7. The molecular weight excluding hydrogens is 275 g/mol. The Bertz CT molecular complexity index is 427. The van der Waals surface area contributed by atoms with Crippen molar-refractivity contribution in [2.45, 2.75) is 19.9 Å². The van der Waals surface area contributed by atoms with Crippen molar-refractivity contribution in [3.8, 4) is 0 Å². The van der Waals surface area contributed by atoms with Gasteiger partial charge >= 0.3 is 6.03 Å². The molecule has 0 spiro atoms. The van der Waals surface area contributed by atoms with Crippen LogP contribution in [0.5, 0.6) is 0 Å². The predicted molar refractivity (Wildman–Crippen MR) is 74.3 cm³/mol. The van der Waals surface area contributed by atoms with Gasteiger partial charge < -0.3 is 15.7 Å². The summed E-state index contributed by atoms with van der Waals surface area (Å²) in [6.07, 6.45) is 0.